The number of aromatic nitrogens is 2. The third kappa shape index (κ3) is 6.94. The van der Waals surface area contributed by atoms with Gasteiger partial charge in [-0.25, -0.2) is 9.37 Å². The first-order chi connectivity index (χ1) is 17.5. The van der Waals surface area contributed by atoms with Crippen LogP contribution in [-0.4, -0.2) is 32.4 Å². The van der Waals surface area contributed by atoms with Crippen LogP contribution < -0.4 is 5.32 Å². The van der Waals surface area contributed by atoms with E-state index in [4.69, 9.17) is 17.5 Å². The highest BCUT2D eigenvalue weighted by molar-refractivity contribution is 7.98. The van der Waals surface area contributed by atoms with Crippen LogP contribution in [0.1, 0.15) is 22.4 Å². The lowest BCUT2D eigenvalue weighted by Gasteiger charge is -2.26. The van der Waals surface area contributed by atoms with Crippen LogP contribution in [-0.2, 0) is 19.5 Å². The lowest BCUT2D eigenvalue weighted by Crippen LogP contribution is -2.36. The van der Waals surface area contributed by atoms with Gasteiger partial charge in [0.05, 0.1) is 18.0 Å². The Labute approximate surface area is 220 Å². The second-order valence-electron chi connectivity index (χ2n) is 8.28. The van der Waals surface area contributed by atoms with E-state index < -0.39 is 0 Å². The molecule has 1 aromatic heterocycles. The molecule has 0 aliphatic heterocycles. The van der Waals surface area contributed by atoms with Crippen molar-refractivity contribution in [2.75, 3.05) is 18.1 Å². The first-order valence-electron chi connectivity index (χ1n) is 11.5. The number of benzene rings is 3. The Morgan fingerprint density at radius 3 is 2.58 bits per heavy atom. The summed E-state index contributed by atoms with van der Waals surface area (Å²) in [6.07, 6.45) is 6.43. The minimum atomic E-state index is -0.264. The van der Waals surface area contributed by atoms with Gasteiger partial charge in [-0.05, 0) is 78.1 Å². The van der Waals surface area contributed by atoms with Gasteiger partial charge in [0.15, 0.2) is 5.11 Å². The average Bonchev–Trinajstić information content (AvgIpc) is 3.34. The van der Waals surface area contributed by atoms with E-state index in [1.54, 1.807) is 17.8 Å². The fraction of sp³-hybridized carbons (Fsp3) is 0.179. The van der Waals surface area contributed by atoms with Crippen molar-refractivity contribution in [3.8, 4) is 6.07 Å². The monoisotopic (exact) mass is 515 g/mol. The molecule has 0 unspecified atom stereocenters. The topological polar surface area (TPSA) is 56.9 Å². The third-order valence-electron chi connectivity index (χ3n) is 5.76. The van der Waals surface area contributed by atoms with Crippen LogP contribution in [0.15, 0.2) is 90.2 Å². The van der Waals surface area contributed by atoms with Crippen molar-refractivity contribution in [2.24, 2.45) is 0 Å². The molecule has 0 aliphatic rings. The van der Waals surface area contributed by atoms with Gasteiger partial charge >= 0.3 is 0 Å². The molecule has 3 aromatic carbocycles. The Kier molecular flexibility index (Phi) is 8.71. The van der Waals surface area contributed by atoms with Crippen molar-refractivity contribution in [2.45, 2.75) is 24.4 Å². The Morgan fingerprint density at radius 2 is 1.89 bits per heavy atom. The van der Waals surface area contributed by atoms with E-state index in [0.29, 0.717) is 36.7 Å². The van der Waals surface area contributed by atoms with Gasteiger partial charge in [0, 0.05) is 48.5 Å². The number of nitrogens with one attached hydrogen (secondary N) is 1. The molecule has 0 bridgehead atoms. The largest absolute Gasteiger partial charge is 0.344 e. The maximum Gasteiger partial charge on any atom is 0.173 e. The molecule has 0 saturated carbocycles. The normalized spacial score (nSPS) is 10.6. The smallest absolute Gasteiger partial charge is 0.173 e. The van der Waals surface area contributed by atoms with E-state index >= 15 is 0 Å². The van der Waals surface area contributed by atoms with Crippen molar-refractivity contribution < 1.29 is 4.39 Å². The summed E-state index contributed by atoms with van der Waals surface area (Å²) in [5.41, 5.74) is 4.56. The highest BCUT2D eigenvalue weighted by atomic mass is 32.2. The zero-order valence-corrected chi connectivity index (χ0v) is 21.5. The molecule has 4 aromatic rings. The van der Waals surface area contributed by atoms with Crippen molar-refractivity contribution >= 4 is 34.8 Å². The molecule has 1 N–H and O–H groups in total. The van der Waals surface area contributed by atoms with Crippen molar-refractivity contribution in [1.29, 1.82) is 5.26 Å². The van der Waals surface area contributed by atoms with Crippen LogP contribution in [0.25, 0.3) is 0 Å². The van der Waals surface area contributed by atoms with Crippen molar-refractivity contribution in [1.82, 2.24) is 14.5 Å². The Morgan fingerprint density at radius 1 is 1.11 bits per heavy atom. The first-order valence-corrected chi connectivity index (χ1v) is 13.1. The maximum absolute atomic E-state index is 13.9. The molecular weight excluding hydrogens is 489 g/mol. The fourth-order valence-electron chi connectivity index (χ4n) is 3.81. The number of hydrogen-bond donors (Lipinski definition) is 1. The molecule has 1 heterocycles. The fourth-order valence-corrected chi connectivity index (χ4v) is 4.50. The summed E-state index contributed by atoms with van der Waals surface area (Å²) in [4.78, 5) is 7.57. The Hall–Kier alpha value is -3.67. The molecule has 0 spiro atoms. The number of rotatable bonds is 9. The summed E-state index contributed by atoms with van der Waals surface area (Å²) >= 11 is 7.46. The number of thiocarbonyl (C=S) groups is 1. The van der Waals surface area contributed by atoms with Crippen LogP contribution >= 0.6 is 24.0 Å². The van der Waals surface area contributed by atoms with Crippen LogP contribution in [0.5, 0.6) is 0 Å². The summed E-state index contributed by atoms with van der Waals surface area (Å²) in [7, 11) is 0. The average molecular weight is 516 g/mol. The maximum atomic E-state index is 13.9. The molecule has 0 fully saturated rings. The first kappa shape index (κ1) is 25.4. The van der Waals surface area contributed by atoms with Gasteiger partial charge in [-0.15, -0.1) is 11.8 Å². The number of imidazole rings is 1. The van der Waals surface area contributed by atoms with Gasteiger partial charge in [0.2, 0.25) is 0 Å². The summed E-state index contributed by atoms with van der Waals surface area (Å²) < 4.78 is 16.0. The molecule has 0 radical (unpaired) electrons. The number of thioether (sulfide) groups is 1. The standard InChI is InChI=1S/C28H26FN5S2/c1-36-27-11-9-25(10-12-27)32-28(35)33(19-23-3-2-4-24(29)15-23)14-13-26-17-31-20-34(26)18-22-7-5-21(16-30)6-8-22/h2-12,15,17,20H,13-14,18-19H2,1H3,(H,32,35). The Balaban J connectivity index is 1.47. The molecule has 8 heteroatoms. The molecule has 0 amide bonds. The second kappa shape index (κ2) is 12.3. The summed E-state index contributed by atoms with van der Waals surface area (Å²) in [6.45, 7) is 1.77. The van der Waals surface area contributed by atoms with E-state index in [1.165, 1.54) is 17.0 Å². The molecule has 5 nitrogen and oxygen atoms in total. The summed E-state index contributed by atoms with van der Waals surface area (Å²) in [6, 6.07) is 24.4. The quantitative estimate of drug-likeness (QED) is 0.215. The summed E-state index contributed by atoms with van der Waals surface area (Å²) in [5.74, 6) is -0.264. The Bertz CT molecular complexity index is 1340. The highest BCUT2D eigenvalue weighted by Gasteiger charge is 2.14. The van der Waals surface area contributed by atoms with Gasteiger partial charge in [-0.1, -0.05) is 24.3 Å². The minimum absolute atomic E-state index is 0.264. The molecule has 4 rings (SSSR count). The molecule has 36 heavy (non-hydrogen) atoms. The van der Waals surface area contributed by atoms with Crippen LogP contribution in [0, 0.1) is 17.1 Å². The minimum Gasteiger partial charge on any atom is -0.344 e. The zero-order valence-electron chi connectivity index (χ0n) is 19.9. The van der Waals surface area contributed by atoms with Gasteiger partial charge in [-0.3, -0.25) is 0 Å². The molecule has 0 atom stereocenters. The van der Waals surface area contributed by atoms with E-state index in [1.807, 2.05) is 78.3 Å². The number of halogens is 1. The number of nitriles is 1. The zero-order chi connectivity index (χ0) is 25.3. The lowest BCUT2D eigenvalue weighted by atomic mass is 10.1. The third-order valence-corrected chi connectivity index (χ3v) is 6.87. The van der Waals surface area contributed by atoms with Gasteiger partial charge < -0.3 is 14.8 Å². The van der Waals surface area contributed by atoms with E-state index in [9.17, 15) is 4.39 Å². The predicted molar refractivity (Wildman–Crippen MR) is 147 cm³/mol. The summed E-state index contributed by atoms with van der Waals surface area (Å²) in [5, 5.41) is 12.9. The van der Waals surface area contributed by atoms with Crippen LogP contribution in [0.3, 0.4) is 0 Å². The number of hydrogen-bond acceptors (Lipinski definition) is 4. The van der Waals surface area contributed by atoms with Gasteiger partial charge in [0.25, 0.3) is 0 Å². The van der Waals surface area contributed by atoms with Gasteiger partial charge in [0.1, 0.15) is 5.82 Å². The highest BCUT2D eigenvalue weighted by Crippen LogP contribution is 2.19. The SMILES string of the molecule is CSc1ccc(NC(=S)N(CCc2cncn2Cc2ccc(C#N)cc2)Cc2cccc(F)c2)cc1. The molecular formula is C28H26FN5S2. The van der Waals surface area contributed by atoms with E-state index in [-0.39, 0.29) is 5.82 Å². The van der Waals surface area contributed by atoms with E-state index in [2.05, 4.69) is 20.9 Å². The molecule has 0 saturated heterocycles. The predicted octanol–water partition coefficient (Wildman–Crippen LogP) is 6.11. The van der Waals surface area contributed by atoms with Crippen LogP contribution in [0.4, 0.5) is 10.1 Å². The number of nitrogens with zero attached hydrogens (tertiary/aromatic N) is 4. The van der Waals surface area contributed by atoms with Gasteiger partial charge in [-0.2, -0.15) is 5.26 Å². The second-order valence-corrected chi connectivity index (χ2v) is 9.55. The van der Waals surface area contributed by atoms with Crippen molar-refractivity contribution in [3.63, 3.8) is 0 Å². The molecule has 182 valence electrons. The van der Waals surface area contributed by atoms with Crippen LogP contribution in [0.2, 0.25) is 0 Å². The lowest BCUT2D eigenvalue weighted by molar-refractivity contribution is 0.417. The van der Waals surface area contributed by atoms with Crippen molar-refractivity contribution in [3.05, 3.63) is 114 Å². The molecule has 0 aliphatic carbocycles. The van der Waals surface area contributed by atoms with E-state index in [0.717, 1.165) is 22.5 Å². The number of anilines is 1.